The van der Waals surface area contributed by atoms with Gasteiger partial charge in [0.05, 0.1) is 5.69 Å². The second-order valence-corrected chi connectivity index (χ2v) is 9.06. The Morgan fingerprint density at radius 2 is 1.94 bits per heavy atom. The Kier molecular flexibility index (Phi) is 11.6. The zero-order valence-electron chi connectivity index (χ0n) is 20.0. The lowest BCUT2D eigenvalue weighted by atomic mass is 9.97. The van der Waals surface area contributed by atoms with Crippen LogP contribution in [0.3, 0.4) is 0 Å². The van der Waals surface area contributed by atoms with Gasteiger partial charge in [-0.05, 0) is 72.8 Å². The number of aromatic nitrogens is 2. The maximum atomic E-state index is 12.2. The maximum Gasteiger partial charge on any atom is 0.410 e. The molecule has 0 spiro atoms. The lowest BCUT2D eigenvalue weighted by Gasteiger charge is -2.33. The van der Waals surface area contributed by atoms with E-state index in [0.29, 0.717) is 5.92 Å². The number of piperidine rings is 1. The zero-order chi connectivity index (χ0) is 22.1. The van der Waals surface area contributed by atoms with Crippen molar-refractivity contribution in [1.82, 2.24) is 25.3 Å². The third kappa shape index (κ3) is 10.1. The van der Waals surface area contributed by atoms with E-state index < -0.39 is 5.60 Å². The van der Waals surface area contributed by atoms with Crippen LogP contribution in [0.1, 0.15) is 58.3 Å². The van der Waals surface area contributed by atoms with E-state index in [0.717, 1.165) is 70.2 Å². The topological polar surface area (TPSA) is 83.8 Å². The van der Waals surface area contributed by atoms with Gasteiger partial charge in [0, 0.05) is 45.0 Å². The van der Waals surface area contributed by atoms with Crippen molar-refractivity contribution in [3.8, 4) is 0 Å². The number of aliphatic imine (C=N–C) groups is 1. The predicted octanol–water partition coefficient (Wildman–Crippen LogP) is 3.71. The van der Waals surface area contributed by atoms with Crippen molar-refractivity contribution < 1.29 is 9.53 Å². The van der Waals surface area contributed by atoms with Crippen molar-refractivity contribution in [2.24, 2.45) is 10.9 Å². The first-order valence-corrected chi connectivity index (χ1v) is 11.2. The molecule has 178 valence electrons. The average Bonchev–Trinajstić information content (AvgIpc) is 2.99. The number of amides is 1. The molecule has 9 heteroatoms. The van der Waals surface area contributed by atoms with Crippen LogP contribution < -0.4 is 10.6 Å². The molecule has 1 aromatic rings. The Morgan fingerprint density at radius 1 is 1.26 bits per heavy atom. The van der Waals surface area contributed by atoms with Crippen LogP contribution in [0.4, 0.5) is 4.79 Å². The summed E-state index contributed by atoms with van der Waals surface area (Å²) in [4.78, 5) is 18.8. The van der Waals surface area contributed by atoms with Gasteiger partial charge in [0.2, 0.25) is 0 Å². The molecule has 0 saturated carbocycles. The lowest BCUT2D eigenvalue weighted by molar-refractivity contribution is 0.0187. The van der Waals surface area contributed by atoms with Crippen LogP contribution in [-0.2, 0) is 11.3 Å². The van der Waals surface area contributed by atoms with Gasteiger partial charge in [0.25, 0.3) is 0 Å². The average molecular weight is 549 g/mol. The summed E-state index contributed by atoms with van der Waals surface area (Å²) in [5.74, 6) is 1.36. The molecule has 1 fully saturated rings. The Labute approximate surface area is 204 Å². The molecule has 1 amide bonds. The highest BCUT2D eigenvalue weighted by molar-refractivity contribution is 14.0. The smallest absolute Gasteiger partial charge is 0.410 e. The molecular weight excluding hydrogens is 507 g/mol. The normalized spacial score (nSPS) is 15.4. The van der Waals surface area contributed by atoms with E-state index in [9.17, 15) is 4.79 Å². The highest BCUT2D eigenvalue weighted by Gasteiger charge is 2.26. The molecule has 0 aliphatic carbocycles. The number of aryl methyl sites for hydroxylation is 3. The van der Waals surface area contributed by atoms with Crippen molar-refractivity contribution >= 4 is 36.0 Å². The summed E-state index contributed by atoms with van der Waals surface area (Å²) >= 11 is 0. The van der Waals surface area contributed by atoms with E-state index in [1.807, 2.05) is 32.6 Å². The van der Waals surface area contributed by atoms with Gasteiger partial charge >= 0.3 is 6.09 Å². The Morgan fingerprint density at radius 3 is 2.48 bits per heavy atom. The number of carbonyl (C=O) groups excluding carboxylic acids is 1. The Balaban J connectivity index is 0.00000480. The molecule has 0 atom stereocenters. The highest BCUT2D eigenvalue weighted by Crippen LogP contribution is 2.20. The minimum atomic E-state index is -0.445. The van der Waals surface area contributed by atoms with Gasteiger partial charge in [-0.3, -0.25) is 9.67 Å². The third-order valence-electron chi connectivity index (χ3n) is 5.06. The van der Waals surface area contributed by atoms with Gasteiger partial charge < -0.3 is 20.3 Å². The molecule has 2 N–H and O–H groups in total. The van der Waals surface area contributed by atoms with Crippen LogP contribution in [0.5, 0.6) is 0 Å². The number of carbonyl (C=O) groups is 1. The Hall–Kier alpha value is -1.52. The van der Waals surface area contributed by atoms with E-state index in [2.05, 4.69) is 40.3 Å². The molecule has 0 unspecified atom stereocenters. The number of hydrogen-bond donors (Lipinski definition) is 2. The number of nitrogens with one attached hydrogen (secondary N) is 2. The monoisotopic (exact) mass is 548 g/mol. The molecule has 1 aromatic heterocycles. The van der Waals surface area contributed by atoms with Crippen molar-refractivity contribution in [3.63, 3.8) is 0 Å². The highest BCUT2D eigenvalue weighted by atomic mass is 127. The maximum absolute atomic E-state index is 12.2. The molecule has 0 bridgehead atoms. The van der Waals surface area contributed by atoms with Crippen molar-refractivity contribution in [2.75, 3.05) is 32.7 Å². The van der Waals surface area contributed by atoms with Crippen molar-refractivity contribution in [1.29, 1.82) is 0 Å². The van der Waals surface area contributed by atoms with Crippen LogP contribution in [0.2, 0.25) is 0 Å². The summed E-state index contributed by atoms with van der Waals surface area (Å²) in [6, 6.07) is 2.10. The van der Waals surface area contributed by atoms with Crippen molar-refractivity contribution in [2.45, 2.75) is 73.0 Å². The number of ether oxygens (including phenoxy) is 1. The quantitative estimate of drug-likeness (QED) is 0.235. The van der Waals surface area contributed by atoms with Crippen molar-refractivity contribution in [3.05, 3.63) is 17.5 Å². The molecule has 0 radical (unpaired) electrons. The van der Waals surface area contributed by atoms with E-state index >= 15 is 0 Å². The van der Waals surface area contributed by atoms with Gasteiger partial charge in [-0.15, -0.1) is 24.0 Å². The van der Waals surface area contributed by atoms with Gasteiger partial charge in [-0.2, -0.15) is 5.10 Å². The molecule has 1 aliphatic heterocycles. The van der Waals surface area contributed by atoms with Gasteiger partial charge in [-0.25, -0.2) is 4.79 Å². The summed E-state index contributed by atoms with van der Waals surface area (Å²) in [5, 5.41) is 11.2. The molecule has 8 nitrogen and oxygen atoms in total. The number of halogens is 1. The van der Waals surface area contributed by atoms with E-state index in [1.165, 1.54) is 5.69 Å². The van der Waals surface area contributed by atoms with Crippen LogP contribution >= 0.6 is 24.0 Å². The molecular formula is C22H41IN6O2. The van der Waals surface area contributed by atoms with Crippen LogP contribution in [-0.4, -0.2) is 65.1 Å². The zero-order valence-corrected chi connectivity index (χ0v) is 22.4. The lowest BCUT2D eigenvalue weighted by Crippen LogP contribution is -2.42. The fourth-order valence-electron chi connectivity index (χ4n) is 3.52. The van der Waals surface area contributed by atoms with Gasteiger partial charge in [-0.1, -0.05) is 0 Å². The summed E-state index contributed by atoms with van der Waals surface area (Å²) in [6.07, 6.45) is 2.70. The van der Waals surface area contributed by atoms with Gasteiger partial charge in [0.1, 0.15) is 5.60 Å². The number of guanidine groups is 1. The second kappa shape index (κ2) is 13.1. The van der Waals surface area contributed by atoms with E-state index in [1.54, 1.807) is 0 Å². The molecule has 2 heterocycles. The molecule has 31 heavy (non-hydrogen) atoms. The summed E-state index contributed by atoms with van der Waals surface area (Å²) in [6.45, 7) is 16.7. The first-order valence-electron chi connectivity index (χ1n) is 11.2. The van der Waals surface area contributed by atoms with E-state index in [4.69, 9.17) is 9.73 Å². The second-order valence-electron chi connectivity index (χ2n) is 9.06. The Bertz CT molecular complexity index is 705. The fraction of sp³-hybridized carbons (Fsp3) is 0.773. The number of rotatable bonds is 7. The standard InChI is InChI=1S/C22H40N6O2.HI/c1-7-23-20(24-11-8-12-28-18(3)15-17(2)26-28)25-16-19-9-13-27(14-10-19)21(29)30-22(4,5)6;/h15,19H,7-14,16H2,1-6H3,(H2,23,24,25);1H. The molecule has 1 saturated heterocycles. The predicted molar refractivity (Wildman–Crippen MR) is 136 cm³/mol. The van der Waals surface area contributed by atoms with Crippen LogP contribution in [0, 0.1) is 19.8 Å². The molecule has 1 aliphatic rings. The summed E-state index contributed by atoms with van der Waals surface area (Å²) < 4.78 is 7.53. The fourth-order valence-corrected chi connectivity index (χ4v) is 3.52. The van der Waals surface area contributed by atoms with Crippen LogP contribution in [0.15, 0.2) is 11.1 Å². The minimum Gasteiger partial charge on any atom is -0.444 e. The first kappa shape index (κ1) is 27.5. The van der Waals surface area contributed by atoms with E-state index in [-0.39, 0.29) is 30.1 Å². The summed E-state index contributed by atoms with van der Waals surface area (Å²) in [5.41, 5.74) is 1.82. The molecule has 0 aromatic carbocycles. The largest absolute Gasteiger partial charge is 0.444 e. The third-order valence-corrected chi connectivity index (χ3v) is 5.06. The SMILES string of the molecule is CCNC(=NCC1CCN(C(=O)OC(C)(C)C)CC1)NCCCn1nc(C)cc1C.I. The molecule has 2 rings (SSSR count). The van der Waals surface area contributed by atoms with Crippen LogP contribution in [0.25, 0.3) is 0 Å². The number of likely N-dealkylation sites (tertiary alicyclic amines) is 1. The first-order chi connectivity index (χ1) is 14.2. The minimum absolute atomic E-state index is 0. The number of nitrogens with zero attached hydrogens (tertiary/aromatic N) is 4. The summed E-state index contributed by atoms with van der Waals surface area (Å²) in [7, 11) is 0. The number of hydrogen-bond acceptors (Lipinski definition) is 4. The van der Waals surface area contributed by atoms with Gasteiger partial charge in [0.15, 0.2) is 5.96 Å².